The van der Waals surface area contributed by atoms with Gasteiger partial charge < -0.3 is 5.32 Å². The van der Waals surface area contributed by atoms with Crippen LogP contribution in [-0.2, 0) is 10.2 Å². The van der Waals surface area contributed by atoms with Crippen LogP contribution in [0.3, 0.4) is 0 Å². The summed E-state index contributed by atoms with van der Waals surface area (Å²) in [7, 11) is 0. The highest BCUT2D eigenvalue weighted by Crippen LogP contribution is 2.48. The first-order valence-electron chi connectivity index (χ1n) is 9.20. The molecule has 1 heterocycles. The highest BCUT2D eigenvalue weighted by Gasteiger charge is 2.45. The van der Waals surface area contributed by atoms with Crippen molar-refractivity contribution in [2.45, 2.75) is 63.8 Å². The number of likely N-dealkylation sites (tertiary alicyclic amines) is 1. The van der Waals surface area contributed by atoms with Gasteiger partial charge in [-0.3, -0.25) is 9.69 Å². The number of rotatable bonds is 5. The Morgan fingerprint density at radius 2 is 1.83 bits per heavy atom. The number of amides is 1. The van der Waals surface area contributed by atoms with Gasteiger partial charge in [0.05, 0.1) is 6.04 Å². The van der Waals surface area contributed by atoms with E-state index in [1.165, 1.54) is 49.7 Å². The van der Waals surface area contributed by atoms with Crippen LogP contribution < -0.4 is 5.32 Å². The number of aryl methyl sites for hydroxylation is 1. The molecule has 2 aliphatic rings. The zero-order chi connectivity index (χ0) is 16.3. The van der Waals surface area contributed by atoms with Crippen molar-refractivity contribution in [2.75, 3.05) is 19.6 Å². The summed E-state index contributed by atoms with van der Waals surface area (Å²) in [4.78, 5) is 14.9. The molecule has 0 radical (unpaired) electrons. The first-order valence-corrected chi connectivity index (χ1v) is 9.20. The Balaban J connectivity index is 1.57. The highest BCUT2D eigenvalue weighted by atomic mass is 16.2. The Labute approximate surface area is 140 Å². The fourth-order valence-corrected chi connectivity index (χ4v) is 3.91. The van der Waals surface area contributed by atoms with E-state index >= 15 is 0 Å². The maximum Gasteiger partial charge on any atom is 0.237 e. The molecule has 0 aromatic heterocycles. The first kappa shape index (κ1) is 16.5. The van der Waals surface area contributed by atoms with Crippen molar-refractivity contribution in [1.29, 1.82) is 0 Å². The maximum absolute atomic E-state index is 12.6. The molecule has 3 heteroatoms. The van der Waals surface area contributed by atoms with Crippen LogP contribution in [0.1, 0.15) is 56.6 Å². The Kier molecular flexibility index (Phi) is 5.05. The van der Waals surface area contributed by atoms with E-state index in [1.54, 1.807) is 0 Å². The van der Waals surface area contributed by atoms with Gasteiger partial charge in [0.1, 0.15) is 0 Å². The van der Waals surface area contributed by atoms with Gasteiger partial charge >= 0.3 is 0 Å². The topological polar surface area (TPSA) is 32.3 Å². The van der Waals surface area contributed by atoms with Crippen LogP contribution in [0.5, 0.6) is 0 Å². The Bertz CT molecular complexity index is 542. The van der Waals surface area contributed by atoms with E-state index in [0.29, 0.717) is 0 Å². The van der Waals surface area contributed by atoms with Crippen LogP contribution in [0.2, 0.25) is 0 Å². The van der Waals surface area contributed by atoms with Gasteiger partial charge in [-0.15, -0.1) is 0 Å². The van der Waals surface area contributed by atoms with Gasteiger partial charge in [0.15, 0.2) is 0 Å². The molecule has 1 saturated carbocycles. The third kappa shape index (κ3) is 3.77. The van der Waals surface area contributed by atoms with E-state index in [9.17, 15) is 4.79 Å². The molecule has 3 rings (SSSR count). The van der Waals surface area contributed by atoms with Crippen molar-refractivity contribution in [2.24, 2.45) is 0 Å². The monoisotopic (exact) mass is 314 g/mol. The highest BCUT2D eigenvalue weighted by molar-refractivity contribution is 5.81. The minimum absolute atomic E-state index is 0.000713. The lowest BCUT2D eigenvalue weighted by Gasteiger charge is -2.27. The number of carbonyl (C=O) groups excluding carboxylic acids is 1. The van der Waals surface area contributed by atoms with E-state index < -0.39 is 0 Å². The summed E-state index contributed by atoms with van der Waals surface area (Å²) in [6.45, 7) is 7.16. The largest absolute Gasteiger partial charge is 0.354 e. The second-order valence-electron chi connectivity index (χ2n) is 7.44. The van der Waals surface area contributed by atoms with Crippen LogP contribution in [0, 0.1) is 6.92 Å². The summed E-state index contributed by atoms with van der Waals surface area (Å²) in [6.07, 6.45) is 7.45. The van der Waals surface area contributed by atoms with Crippen molar-refractivity contribution < 1.29 is 4.79 Å². The van der Waals surface area contributed by atoms with Crippen LogP contribution >= 0.6 is 0 Å². The molecule has 1 saturated heterocycles. The summed E-state index contributed by atoms with van der Waals surface area (Å²) < 4.78 is 0. The van der Waals surface area contributed by atoms with Crippen molar-refractivity contribution in [3.05, 3.63) is 35.4 Å². The lowest BCUT2D eigenvalue weighted by molar-refractivity contribution is -0.126. The maximum atomic E-state index is 12.6. The zero-order valence-corrected chi connectivity index (χ0v) is 14.6. The van der Waals surface area contributed by atoms with E-state index in [4.69, 9.17) is 0 Å². The summed E-state index contributed by atoms with van der Waals surface area (Å²) >= 11 is 0. The number of nitrogens with zero attached hydrogens (tertiary/aromatic N) is 1. The lowest BCUT2D eigenvalue weighted by atomic mass is 9.92. The second-order valence-corrected chi connectivity index (χ2v) is 7.44. The molecular formula is C20H30N2O. The van der Waals surface area contributed by atoms with E-state index in [1.807, 2.05) is 0 Å². The molecule has 23 heavy (non-hydrogen) atoms. The molecule has 126 valence electrons. The standard InChI is InChI=1S/C20H30N2O/c1-16-9-5-6-10-18(16)20(11-12-20)15-21-19(23)17(2)22-13-7-3-4-8-14-22/h5-6,9-10,17H,3-4,7-8,11-15H2,1-2H3,(H,21,23). The molecule has 1 N–H and O–H groups in total. The van der Waals surface area contributed by atoms with Gasteiger partial charge in [0, 0.05) is 12.0 Å². The molecule has 1 aromatic rings. The Morgan fingerprint density at radius 1 is 1.17 bits per heavy atom. The molecule has 1 amide bonds. The van der Waals surface area contributed by atoms with Gasteiger partial charge in [-0.25, -0.2) is 0 Å². The van der Waals surface area contributed by atoms with Gasteiger partial charge in [-0.1, -0.05) is 37.1 Å². The molecule has 1 aliphatic heterocycles. The fourth-order valence-electron chi connectivity index (χ4n) is 3.91. The summed E-state index contributed by atoms with van der Waals surface area (Å²) in [5, 5.41) is 3.25. The molecule has 1 aliphatic carbocycles. The minimum Gasteiger partial charge on any atom is -0.354 e. The summed E-state index contributed by atoms with van der Waals surface area (Å²) in [6, 6.07) is 8.61. The normalized spacial score (nSPS) is 22.2. The zero-order valence-electron chi connectivity index (χ0n) is 14.6. The third-order valence-corrected chi connectivity index (χ3v) is 5.74. The molecule has 3 nitrogen and oxygen atoms in total. The predicted molar refractivity (Wildman–Crippen MR) is 94.6 cm³/mol. The summed E-state index contributed by atoms with van der Waals surface area (Å²) in [5.41, 5.74) is 2.96. The molecule has 1 atom stereocenters. The predicted octanol–water partition coefficient (Wildman–Crippen LogP) is 3.41. The van der Waals surface area contributed by atoms with E-state index in [-0.39, 0.29) is 17.4 Å². The SMILES string of the molecule is Cc1ccccc1C1(CNC(=O)C(C)N2CCCCCC2)CC1. The van der Waals surface area contributed by atoms with Crippen molar-refractivity contribution in [3.63, 3.8) is 0 Å². The number of benzene rings is 1. The molecule has 2 fully saturated rings. The minimum atomic E-state index is 0.000713. The Hall–Kier alpha value is -1.35. The molecule has 1 aromatic carbocycles. The Morgan fingerprint density at radius 3 is 2.43 bits per heavy atom. The number of carbonyl (C=O) groups is 1. The van der Waals surface area contributed by atoms with E-state index in [0.717, 1.165) is 19.6 Å². The van der Waals surface area contributed by atoms with Gasteiger partial charge in [-0.05, 0) is 63.7 Å². The molecular weight excluding hydrogens is 284 g/mol. The van der Waals surface area contributed by atoms with Crippen molar-refractivity contribution in [3.8, 4) is 0 Å². The quantitative estimate of drug-likeness (QED) is 0.903. The molecule has 1 unspecified atom stereocenters. The second kappa shape index (κ2) is 7.04. The van der Waals surface area contributed by atoms with Crippen LogP contribution in [0.4, 0.5) is 0 Å². The average molecular weight is 314 g/mol. The average Bonchev–Trinajstić information content (AvgIpc) is 3.37. The van der Waals surface area contributed by atoms with Crippen molar-refractivity contribution >= 4 is 5.91 Å². The van der Waals surface area contributed by atoms with E-state index in [2.05, 4.69) is 48.3 Å². The van der Waals surface area contributed by atoms with Crippen LogP contribution in [0.15, 0.2) is 24.3 Å². The third-order valence-electron chi connectivity index (χ3n) is 5.74. The molecule has 0 bridgehead atoms. The van der Waals surface area contributed by atoms with Crippen molar-refractivity contribution in [1.82, 2.24) is 10.2 Å². The van der Waals surface area contributed by atoms with Gasteiger partial charge in [0.2, 0.25) is 5.91 Å². The number of hydrogen-bond donors (Lipinski definition) is 1. The summed E-state index contributed by atoms with van der Waals surface area (Å²) in [5.74, 6) is 0.201. The van der Waals surface area contributed by atoms with Crippen LogP contribution in [-0.4, -0.2) is 36.5 Å². The van der Waals surface area contributed by atoms with Gasteiger partial charge in [-0.2, -0.15) is 0 Å². The number of nitrogens with one attached hydrogen (secondary N) is 1. The molecule has 0 spiro atoms. The van der Waals surface area contributed by atoms with Gasteiger partial charge in [0.25, 0.3) is 0 Å². The fraction of sp³-hybridized carbons (Fsp3) is 0.650. The lowest BCUT2D eigenvalue weighted by Crippen LogP contribution is -2.47. The smallest absolute Gasteiger partial charge is 0.237 e. The van der Waals surface area contributed by atoms with Crippen LogP contribution in [0.25, 0.3) is 0 Å². The number of hydrogen-bond acceptors (Lipinski definition) is 2. The first-order chi connectivity index (χ1) is 11.1.